The van der Waals surface area contributed by atoms with Crippen molar-refractivity contribution in [2.24, 2.45) is 28.6 Å². The minimum absolute atomic E-state index is 0.474. The third-order valence-electron chi connectivity index (χ3n) is 5.71. The van der Waals surface area contributed by atoms with Gasteiger partial charge in [0.1, 0.15) is 0 Å². The second-order valence-electron chi connectivity index (χ2n) is 7.81. The van der Waals surface area contributed by atoms with E-state index in [1.165, 1.54) is 19.3 Å². The highest BCUT2D eigenvalue weighted by molar-refractivity contribution is 4.82. The van der Waals surface area contributed by atoms with Crippen molar-refractivity contribution in [3.8, 4) is 0 Å². The summed E-state index contributed by atoms with van der Waals surface area (Å²) in [5, 5.41) is 0. The van der Waals surface area contributed by atoms with Crippen LogP contribution in [0.5, 0.6) is 0 Å². The van der Waals surface area contributed by atoms with Crippen LogP contribution >= 0.6 is 0 Å². The molecule has 0 heterocycles. The van der Waals surface area contributed by atoms with Crippen LogP contribution in [-0.4, -0.2) is 0 Å². The highest BCUT2D eigenvalue weighted by atomic mass is 14.4. The lowest BCUT2D eigenvalue weighted by atomic mass is 9.66. The van der Waals surface area contributed by atoms with Gasteiger partial charge in [-0.1, -0.05) is 68.7 Å². The second kappa shape index (κ2) is 6.25. The summed E-state index contributed by atoms with van der Waals surface area (Å²) >= 11 is 0. The zero-order valence-electron chi connectivity index (χ0n) is 13.9. The maximum Gasteiger partial charge on any atom is -0.0326 e. The molecular weight excluding hydrogens is 204 g/mol. The van der Waals surface area contributed by atoms with Crippen LogP contribution in [0.25, 0.3) is 0 Å². The molecule has 0 aliphatic rings. The topological polar surface area (TPSA) is 0 Å². The minimum Gasteiger partial charge on any atom is -0.0651 e. The summed E-state index contributed by atoms with van der Waals surface area (Å²) in [6.45, 7) is 21.6. The van der Waals surface area contributed by atoms with Gasteiger partial charge in [0.2, 0.25) is 0 Å². The Bertz CT molecular complexity index is 210. The van der Waals surface area contributed by atoms with Crippen molar-refractivity contribution in [1.29, 1.82) is 0 Å². The van der Waals surface area contributed by atoms with Crippen molar-refractivity contribution in [3.63, 3.8) is 0 Å². The van der Waals surface area contributed by atoms with Gasteiger partial charge in [0.15, 0.2) is 0 Å². The van der Waals surface area contributed by atoms with Gasteiger partial charge >= 0.3 is 0 Å². The van der Waals surface area contributed by atoms with Gasteiger partial charge in [-0.3, -0.25) is 0 Å². The Kier molecular flexibility index (Phi) is 6.25. The Morgan fingerprint density at radius 2 is 1.18 bits per heavy atom. The first-order valence-electron chi connectivity index (χ1n) is 7.54. The lowest BCUT2D eigenvalue weighted by Crippen LogP contribution is -2.30. The molecular formula is C17H36. The van der Waals surface area contributed by atoms with Crippen molar-refractivity contribution in [2.75, 3.05) is 0 Å². The SMILES string of the molecule is CCC(C)C(C)C(C)(C)CCC(C)(C)C(C)C. The molecule has 0 rings (SSSR count). The van der Waals surface area contributed by atoms with Crippen LogP contribution in [-0.2, 0) is 0 Å². The fraction of sp³-hybridized carbons (Fsp3) is 1.00. The minimum atomic E-state index is 0.474. The average Bonchev–Trinajstić information content (AvgIpc) is 2.24. The molecule has 0 aliphatic carbocycles. The standard InChI is InChI=1S/C17H36/c1-10-14(4)15(5)17(8,9)12-11-16(6,7)13(2)3/h13-15H,10-12H2,1-9H3. The first-order valence-corrected chi connectivity index (χ1v) is 7.54. The maximum atomic E-state index is 2.46. The average molecular weight is 240 g/mol. The van der Waals surface area contributed by atoms with E-state index in [1.807, 2.05) is 0 Å². The third-order valence-corrected chi connectivity index (χ3v) is 5.71. The molecule has 0 spiro atoms. The molecule has 0 fully saturated rings. The lowest BCUT2D eigenvalue weighted by molar-refractivity contribution is 0.110. The summed E-state index contributed by atoms with van der Waals surface area (Å²) in [5.74, 6) is 2.43. The fourth-order valence-electron chi connectivity index (χ4n) is 2.28. The van der Waals surface area contributed by atoms with Crippen molar-refractivity contribution >= 4 is 0 Å². The van der Waals surface area contributed by atoms with E-state index in [1.54, 1.807) is 0 Å². The second-order valence-corrected chi connectivity index (χ2v) is 7.81. The zero-order valence-corrected chi connectivity index (χ0v) is 13.9. The molecule has 0 aliphatic heterocycles. The molecule has 0 N–H and O–H groups in total. The molecule has 2 atom stereocenters. The molecule has 104 valence electrons. The third kappa shape index (κ3) is 5.02. The van der Waals surface area contributed by atoms with Crippen LogP contribution in [0.3, 0.4) is 0 Å². The molecule has 0 aromatic rings. The summed E-state index contributed by atoms with van der Waals surface area (Å²) < 4.78 is 0. The fourth-order valence-corrected chi connectivity index (χ4v) is 2.28. The van der Waals surface area contributed by atoms with Crippen LogP contribution < -0.4 is 0 Å². The zero-order chi connectivity index (χ0) is 13.9. The largest absolute Gasteiger partial charge is 0.0651 e. The van der Waals surface area contributed by atoms with Crippen LogP contribution in [0.4, 0.5) is 0 Å². The van der Waals surface area contributed by atoms with Crippen molar-refractivity contribution < 1.29 is 0 Å². The van der Waals surface area contributed by atoms with Crippen molar-refractivity contribution in [3.05, 3.63) is 0 Å². The lowest BCUT2D eigenvalue weighted by Gasteiger charge is -2.39. The molecule has 17 heavy (non-hydrogen) atoms. The van der Waals surface area contributed by atoms with Gasteiger partial charge in [0.05, 0.1) is 0 Å². The quantitative estimate of drug-likeness (QED) is 0.500. The molecule has 0 heteroatoms. The molecule has 0 radical (unpaired) electrons. The number of hydrogen-bond donors (Lipinski definition) is 0. The predicted molar refractivity (Wildman–Crippen MR) is 80.3 cm³/mol. The summed E-state index contributed by atoms with van der Waals surface area (Å²) in [4.78, 5) is 0. The Hall–Kier alpha value is 0. The van der Waals surface area contributed by atoms with Crippen LogP contribution in [0, 0.1) is 28.6 Å². The van der Waals surface area contributed by atoms with Gasteiger partial charge in [0, 0.05) is 0 Å². The van der Waals surface area contributed by atoms with Crippen LogP contribution in [0.15, 0.2) is 0 Å². The number of hydrogen-bond acceptors (Lipinski definition) is 0. The van der Waals surface area contributed by atoms with E-state index in [2.05, 4.69) is 62.3 Å². The first kappa shape index (κ1) is 17.0. The summed E-state index contributed by atoms with van der Waals surface area (Å²) in [6.07, 6.45) is 4.00. The smallest absolute Gasteiger partial charge is 0.0326 e. The van der Waals surface area contributed by atoms with Gasteiger partial charge in [-0.25, -0.2) is 0 Å². The van der Waals surface area contributed by atoms with Gasteiger partial charge in [-0.2, -0.15) is 0 Å². The normalized spacial score (nSPS) is 17.3. The van der Waals surface area contributed by atoms with Crippen molar-refractivity contribution in [2.45, 2.75) is 81.6 Å². The molecule has 2 unspecified atom stereocenters. The molecule has 0 saturated carbocycles. The maximum absolute atomic E-state index is 2.46. The molecule has 0 aromatic carbocycles. The van der Waals surface area contributed by atoms with Gasteiger partial charge in [0.25, 0.3) is 0 Å². The van der Waals surface area contributed by atoms with Crippen LogP contribution in [0.1, 0.15) is 81.6 Å². The molecule has 0 bridgehead atoms. The Labute approximate surface area is 111 Å². The van der Waals surface area contributed by atoms with Crippen LogP contribution in [0.2, 0.25) is 0 Å². The van der Waals surface area contributed by atoms with E-state index in [4.69, 9.17) is 0 Å². The monoisotopic (exact) mass is 240 g/mol. The Balaban J connectivity index is 4.46. The van der Waals surface area contributed by atoms with E-state index in [-0.39, 0.29) is 0 Å². The molecule has 0 saturated heterocycles. The van der Waals surface area contributed by atoms with E-state index in [0.29, 0.717) is 10.8 Å². The molecule has 0 nitrogen and oxygen atoms in total. The summed E-state index contributed by atoms with van der Waals surface area (Å²) in [6, 6.07) is 0. The van der Waals surface area contributed by atoms with E-state index in [9.17, 15) is 0 Å². The highest BCUT2D eigenvalue weighted by Gasteiger charge is 2.32. The van der Waals surface area contributed by atoms with E-state index < -0.39 is 0 Å². The van der Waals surface area contributed by atoms with Gasteiger partial charge in [-0.15, -0.1) is 0 Å². The Morgan fingerprint density at radius 3 is 1.53 bits per heavy atom. The van der Waals surface area contributed by atoms with E-state index >= 15 is 0 Å². The highest BCUT2D eigenvalue weighted by Crippen LogP contribution is 2.42. The predicted octanol–water partition coefficient (Wildman–Crippen LogP) is 6.16. The van der Waals surface area contributed by atoms with E-state index in [0.717, 1.165) is 17.8 Å². The summed E-state index contributed by atoms with van der Waals surface area (Å²) in [7, 11) is 0. The van der Waals surface area contributed by atoms with Gasteiger partial charge in [-0.05, 0) is 41.4 Å². The molecule has 0 amide bonds. The Morgan fingerprint density at radius 1 is 0.765 bits per heavy atom. The van der Waals surface area contributed by atoms with Gasteiger partial charge < -0.3 is 0 Å². The molecule has 0 aromatic heterocycles. The number of rotatable bonds is 7. The first-order chi connectivity index (χ1) is 7.54. The van der Waals surface area contributed by atoms with Crippen molar-refractivity contribution in [1.82, 2.24) is 0 Å². The summed E-state index contributed by atoms with van der Waals surface area (Å²) in [5.41, 5.74) is 0.952.